The highest BCUT2D eigenvalue weighted by molar-refractivity contribution is 4.88. The third-order valence-electron chi connectivity index (χ3n) is 3.97. The van der Waals surface area contributed by atoms with Crippen LogP contribution in [0.1, 0.15) is 51.9 Å². The quantitative estimate of drug-likeness (QED) is 0.378. The highest BCUT2D eigenvalue weighted by Gasteiger charge is 2.40. The van der Waals surface area contributed by atoms with Crippen molar-refractivity contribution in [2.45, 2.75) is 76.3 Å². The molecule has 1 heterocycles. The molecule has 0 bridgehead atoms. The lowest BCUT2D eigenvalue weighted by Gasteiger charge is -2.24. The van der Waals surface area contributed by atoms with Crippen LogP contribution in [0.25, 0.3) is 0 Å². The van der Waals surface area contributed by atoms with Crippen LogP contribution in [-0.4, -0.2) is 59.6 Å². The Bertz CT molecular complexity index is 295. The average Bonchev–Trinajstić information content (AvgIpc) is 2.85. The Morgan fingerprint density at radius 3 is 2.45 bits per heavy atom. The zero-order chi connectivity index (χ0) is 16.2. The summed E-state index contributed by atoms with van der Waals surface area (Å²) in [5.41, 5.74) is 0. The largest absolute Gasteiger partial charge is 0.394 e. The van der Waals surface area contributed by atoms with Crippen molar-refractivity contribution in [3.05, 3.63) is 12.2 Å². The summed E-state index contributed by atoms with van der Waals surface area (Å²) in [5, 5.41) is 28.5. The van der Waals surface area contributed by atoms with Crippen molar-refractivity contribution in [2.75, 3.05) is 19.8 Å². The minimum Gasteiger partial charge on any atom is -0.394 e. The van der Waals surface area contributed by atoms with Gasteiger partial charge in [0, 0.05) is 6.61 Å². The second-order valence-electron chi connectivity index (χ2n) is 5.91. The molecule has 4 atom stereocenters. The first-order valence-electron chi connectivity index (χ1n) is 8.55. The Morgan fingerprint density at radius 1 is 1.14 bits per heavy atom. The van der Waals surface area contributed by atoms with Gasteiger partial charge in [-0.3, -0.25) is 0 Å². The van der Waals surface area contributed by atoms with Gasteiger partial charge in [0.15, 0.2) is 0 Å². The van der Waals surface area contributed by atoms with E-state index in [0.29, 0.717) is 6.61 Å². The predicted molar refractivity (Wildman–Crippen MR) is 85.7 cm³/mol. The van der Waals surface area contributed by atoms with E-state index in [9.17, 15) is 15.3 Å². The standard InChI is InChI=1S/C17H32O5/c1-2-3-4-5-6-7-8-9-10-11-21-15(12-18)17-16(20)14(19)13-22-17/h5-6,14-20H,2-4,7-13H2,1H3/b6-5+/t14-,15+,16+,17+/m1/s1. The minimum absolute atomic E-state index is 0.0933. The zero-order valence-electron chi connectivity index (χ0n) is 13.7. The van der Waals surface area contributed by atoms with Crippen molar-refractivity contribution in [3.8, 4) is 0 Å². The lowest BCUT2D eigenvalue weighted by Crippen LogP contribution is -2.42. The van der Waals surface area contributed by atoms with Gasteiger partial charge >= 0.3 is 0 Å². The first-order chi connectivity index (χ1) is 10.7. The summed E-state index contributed by atoms with van der Waals surface area (Å²) in [6.45, 7) is 2.61. The van der Waals surface area contributed by atoms with Crippen LogP contribution in [-0.2, 0) is 9.47 Å². The molecule has 1 aliphatic rings. The Balaban J connectivity index is 2.04. The highest BCUT2D eigenvalue weighted by Crippen LogP contribution is 2.19. The van der Waals surface area contributed by atoms with Crippen LogP contribution >= 0.6 is 0 Å². The number of aliphatic hydroxyl groups excluding tert-OH is 3. The van der Waals surface area contributed by atoms with Crippen molar-refractivity contribution in [3.63, 3.8) is 0 Å². The number of unbranched alkanes of at least 4 members (excludes halogenated alkanes) is 5. The highest BCUT2D eigenvalue weighted by atomic mass is 16.6. The molecular weight excluding hydrogens is 284 g/mol. The molecule has 5 nitrogen and oxygen atoms in total. The third-order valence-corrected chi connectivity index (χ3v) is 3.97. The van der Waals surface area contributed by atoms with Crippen LogP contribution in [0.2, 0.25) is 0 Å². The minimum atomic E-state index is -0.981. The van der Waals surface area contributed by atoms with Gasteiger partial charge in [-0.15, -0.1) is 0 Å². The Morgan fingerprint density at radius 2 is 1.86 bits per heavy atom. The summed E-state index contributed by atoms with van der Waals surface area (Å²) >= 11 is 0. The first kappa shape index (κ1) is 19.6. The van der Waals surface area contributed by atoms with Gasteiger partial charge in [0.1, 0.15) is 24.4 Å². The van der Waals surface area contributed by atoms with Gasteiger partial charge in [0.05, 0.1) is 13.2 Å². The zero-order valence-corrected chi connectivity index (χ0v) is 13.7. The van der Waals surface area contributed by atoms with E-state index in [0.717, 1.165) is 25.7 Å². The molecule has 1 fully saturated rings. The Labute approximate surface area is 133 Å². The van der Waals surface area contributed by atoms with E-state index in [2.05, 4.69) is 19.1 Å². The van der Waals surface area contributed by atoms with E-state index >= 15 is 0 Å². The molecule has 1 saturated heterocycles. The maximum atomic E-state index is 9.75. The molecule has 22 heavy (non-hydrogen) atoms. The second kappa shape index (κ2) is 12.0. The fraction of sp³-hybridized carbons (Fsp3) is 0.882. The summed E-state index contributed by atoms with van der Waals surface area (Å²) in [7, 11) is 0. The fourth-order valence-electron chi connectivity index (χ4n) is 2.54. The molecular formula is C17H32O5. The molecule has 0 aliphatic carbocycles. The molecule has 0 spiro atoms. The molecule has 0 unspecified atom stereocenters. The van der Waals surface area contributed by atoms with Crippen LogP contribution in [0.4, 0.5) is 0 Å². The van der Waals surface area contributed by atoms with Crippen molar-refractivity contribution >= 4 is 0 Å². The van der Waals surface area contributed by atoms with Crippen LogP contribution in [0.3, 0.4) is 0 Å². The summed E-state index contributed by atoms with van der Waals surface area (Å²) < 4.78 is 10.9. The third kappa shape index (κ3) is 7.20. The molecule has 0 amide bonds. The van der Waals surface area contributed by atoms with Gasteiger partial charge in [-0.25, -0.2) is 0 Å². The van der Waals surface area contributed by atoms with E-state index in [1.165, 1.54) is 19.3 Å². The number of rotatable bonds is 12. The SMILES string of the molecule is CCCC/C=C/CCCCCO[C@@H](CO)[C@@H]1OC[C@@H](O)[C@@H]1O. The maximum Gasteiger partial charge on any atom is 0.114 e. The van der Waals surface area contributed by atoms with E-state index in [1.807, 2.05) is 0 Å². The summed E-state index contributed by atoms with van der Waals surface area (Å²) in [5.74, 6) is 0. The predicted octanol–water partition coefficient (Wildman–Crippen LogP) is 1.79. The van der Waals surface area contributed by atoms with Gasteiger partial charge in [0.2, 0.25) is 0 Å². The van der Waals surface area contributed by atoms with E-state index in [4.69, 9.17) is 9.47 Å². The smallest absolute Gasteiger partial charge is 0.114 e. The molecule has 0 radical (unpaired) electrons. The molecule has 5 heteroatoms. The topological polar surface area (TPSA) is 79.2 Å². The van der Waals surface area contributed by atoms with Crippen molar-refractivity contribution in [1.82, 2.24) is 0 Å². The molecule has 3 N–H and O–H groups in total. The van der Waals surface area contributed by atoms with Crippen molar-refractivity contribution in [2.24, 2.45) is 0 Å². The normalized spacial score (nSPS) is 26.8. The lowest BCUT2D eigenvalue weighted by atomic mass is 10.1. The van der Waals surface area contributed by atoms with Crippen molar-refractivity contribution in [1.29, 1.82) is 0 Å². The summed E-state index contributed by atoms with van der Waals surface area (Å²) in [6, 6.07) is 0. The fourth-order valence-corrected chi connectivity index (χ4v) is 2.54. The van der Waals surface area contributed by atoms with E-state index in [-0.39, 0.29) is 13.2 Å². The van der Waals surface area contributed by atoms with Crippen molar-refractivity contribution < 1.29 is 24.8 Å². The Kier molecular flexibility index (Phi) is 10.7. The van der Waals surface area contributed by atoms with Crippen LogP contribution < -0.4 is 0 Å². The monoisotopic (exact) mass is 316 g/mol. The van der Waals surface area contributed by atoms with E-state index in [1.54, 1.807) is 0 Å². The summed E-state index contributed by atoms with van der Waals surface area (Å²) in [6.07, 6.45) is 9.34. The van der Waals surface area contributed by atoms with Crippen LogP contribution in [0.15, 0.2) is 12.2 Å². The maximum absolute atomic E-state index is 9.75. The van der Waals surface area contributed by atoms with Gasteiger partial charge in [-0.2, -0.15) is 0 Å². The first-order valence-corrected chi connectivity index (χ1v) is 8.55. The molecule has 1 rings (SSSR count). The number of aliphatic hydroxyl groups is 3. The van der Waals surface area contributed by atoms with Gasteiger partial charge in [-0.1, -0.05) is 38.3 Å². The molecule has 1 aliphatic heterocycles. The number of allylic oxidation sites excluding steroid dienone is 2. The number of hydrogen-bond acceptors (Lipinski definition) is 5. The number of ether oxygens (including phenoxy) is 2. The number of hydrogen-bond donors (Lipinski definition) is 3. The molecule has 0 aromatic rings. The van der Waals surface area contributed by atoms with Gasteiger partial charge in [-0.05, 0) is 25.7 Å². The Hall–Kier alpha value is -0.460. The summed E-state index contributed by atoms with van der Waals surface area (Å²) in [4.78, 5) is 0. The average molecular weight is 316 g/mol. The molecule has 0 aromatic heterocycles. The lowest BCUT2D eigenvalue weighted by molar-refractivity contribution is -0.101. The van der Waals surface area contributed by atoms with Gasteiger partial charge in [0.25, 0.3) is 0 Å². The van der Waals surface area contributed by atoms with Gasteiger partial charge < -0.3 is 24.8 Å². The molecule has 0 aromatic carbocycles. The van der Waals surface area contributed by atoms with Crippen LogP contribution in [0, 0.1) is 0 Å². The molecule has 0 saturated carbocycles. The van der Waals surface area contributed by atoms with E-state index < -0.39 is 24.4 Å². The van der Waals surface area contributed by atoms with Crippen LogP contribution in [0.5, 0.6) is 0 Å². The molecule has 130 valence electrons. The second-order valence-corrected chi connectivity index (χ2v) is 5.91.